The molecule has 1 aromatic carbocycles. The maximum absolute atomic E-state index is 11.9. The summed E-state index contributed by atoms with van der Waals surface area (Å²) in [6.45, 7) is 1.95. The molecule has 5 nitrogen and oxygen atoms in total. The first-order valence-electron chi connectivity index (χ1n) is 6.17. The average Bonchev–Trinajstić information content (AvgIpc) is 2.89. The van der Waals surface area contributed by atoms with E-state index >= 15 is 0 Å². The fourth-order valence-electron chi connectivity index (χ4n) is 1.92. The Bertz CT molecular complexity index is 537. The molecule has 2 rings (SSSR count). The van der Waals surface area contributed by atoms with E-state index in [1.807, 2.05) is 13.0 Å². The Hall–Kier alpha value is -2.30. The van der Waals surface area contributed by atoms with Gasteiger partial charge in [-0.15, -0.1) is 0 Å². The smallest absolute Gasteiger partial charge is 0.226 e. The zero-order chi connectivity index (χ0) is 13.7. The minimum absolute atomic E-state index is 0.149. The molecule has 0 saturated heterocycles. The second-order valence-corrected chi connectivity index (χ2v) is 4.25. The number of nitrogens with zero attached hydrogens (tertiary/aromatic N) is 1. The molecule has 5 heteroatoms. The number of phenols is 1. The van der Waals surface area contributed by atoms with E-state index in [2.05, 4.69) is 15.0 Å². The van der Waals surface area contributed by atoms with Gasteiger partial charge in [-0.1, -0.05) is 30.3 Å². The molecule has 0 saturated carbocycles. The van der Waals surface area contributed by atoms with Crippen molar-refractivity contribution in [3.05, 3.63) is 47.9 Å². The molecule has 0 radical (unpaired) electrons. The van der Waals surface area contributed by atoms with Gasteiger partial charge in [0.05, 0.1) is 18.2 Å². The topological polar surface area (TPSA) is 75.4 Å². The predicted molar refractivity (Wildman–Crippen MR) is 69.5 cm³/mol. The van der Waals surface area contributed by atoms with Crippen LogP contribution in [0.3, 0.4) is 0 Å². The average molecular weight is 260 g/mol. The summed E-state index contributed by atoms with van der Waals surface area (Å²) < 4.78 is 4.68. The summed E-state index contributed by atoms with van der Waals surface area (Å²) in [5.41, 5.74) is 1.31. The molecule has 19 heavy (non-hydrogen) atoms. The number of carbonyl (C=O) groups is 1. The van der Waals surface area contributed by atoms with Crippen LogP contribution < -0.4 is 5.32 Å². The zero-order valence-electron chi connectivity index (χ0n) is 10.7. The maximum Gasteiger partial charge on any atom is 0.226 e. The predicted octanol–water partition coefficient (Wildman–Crippen LogP) is 2.19. The van der Waals surface area contributed by atoms with E-state index in [9.17, 15) is 9.90 Å². The van der Waals surface area contributed by atoms with Crippen molar-refractivity contribution in [3.8, 4) is 5.75 Å². The summed E-state index contributed by atoms with van der Waals surface area (Å²) in [5.74, 6) is 0.0417. The molecule has 0 spiro atoms. The second-order valence-electron chi connectivity index (χ2n) is 4.25. The summed E-state index contributed by atoms with van der Waals surface area (Å²) in [5, 5.41) is 16.4. The molecule has 0 aliphatic carbocycles. The van der Waals surface area contributed by atoms with E-state index in [0.717, 1.165) is 5.56 Å². The Morgan fingerprint density at radius 2 is 2.21 bits per heavy atom. The molecule has 0 bridgehead atoms. The van der Waals surface area contributed by atoms with Gasteiger partial charge < -0.3 is 14.9 Å². The minimum atomic E-state index is -0.208. The number of hydrogen-bond acceptors (Lipinski definition) is 4. The van der Waals surface area contributed by atoms with E-state index in [0.29, 0.717) is 12.1 Å². The second kappa shape index (κ2) is 6.04. The molecule has 1 aromatic heterocycles. The van der Waals surface area contributed by atoms with Gasteiger partial charge in [0.1, 0.15) is 12.0 Å². The van der Waals surface area contributed by atoms with Crippen molar-refractivity contribution in [2.45, 2.75) is 25.8 Å². The lowest BCUT2D eigenvalue weighted by atomic mass is 10.0. The van der Waals surface area contributed by atoms with Gasteiger partial charge >= 0.3 is 0 Å². The van der Waals surface area contributed by atoms with Gasteiger partial charge in [0.25, 0.3) is 0 Å². The summed E-state index contributed by atoms with van der Waals surface area (Å²) in [6.07, 6.45) is 2.30. The highest BCUT2D eigenvalue weighted by Crippen LogP contribution is 2.25. The summed E-state index contributed by atoms with van der Waals surface area (Å²) in [6, 6.07) is 8.45. The van der Waals surface area contributed by atoms with Crippen molar-refractivity contribution in [1.82, 2.24) is 10.5 Å². The Balaban J connectivity index is 2.03. The van der Waals surface area contributed by atoms with Crippen LogP contribution in [0.2, 0.25) is 0 Å². The van der Waals surface area contributed by atoms with Gasteiger partial charge in [-0.2, -0.15) is 0 Å². The van der Waals surface area contributed by atoms with Crippen LogP contribution in [0.1, 0.15) is 30.6 Å². The molecule has 100 valence electrons. The lowest BCUT2D eigenvalue weighted by molar-refractivity contribution is -0.121. The SMILES string of the molecule is CC[C@H](NC(=O)Cc1ccon1)c1ccccc1O. The lowest BCUT2D eigenvalue weighted by Gasteiger charge is -2.18. The van der Waals surface area contributed by atoms with E-state index < -0.39 is 0 Å². The van der Waals surface area contributed by atoms with E-state index in [-0.39, 0.29) is 24.1 Å². The molecule has 2 N–H and O–H groups in total. The summed E-state index contributed by atoms with van der Waals surface area (Å²) >= 11 is 0. The highest BCUT2D eigenvalue weighted by Gasteiger charge is 2.16. The van der Waals surface area contributed by atoms with Crippen molar-refractivity contribution < 1.29 is 14.4 Å². The molecule has 0 fully saturated rings. The first-order chi connectivity index (χ1) is 9.20. The Kier molecular flexibility index (Phi) is 4.18. The molecule has 1 amide bonds. The molecular formula is C14H16N2O3. The molecular weight excluding hydrogens is 244 g/mol. The van der Waals surface area contributed by atoms with Crippen molar-refractivity contribution in [3.63, 3.8) is 0 Å². The first-order valence-corrected chi connectivity index (χ1v) is 6.17. The van der Waals surface area contributed by atoms with E-state index in [4.69, 9.17) is 0 Å². The fraction of sp³-hybridized carbons (Fsp3) is 0.286. The van der Waals surface area contributed by atoms with E-state index in [1.165, 1.54) is 6.26 Å². The highest BCUT2D eigenvalue weighted by atomic mass is 16.5. The Morgan fingerprint density at radius 3 is 2.84 bits per heavy atom. The van der Waals surface area contributed by atoms with Crippen LogP contribution in [0.25, 0.3) is 0 Å². The van der Waals surface area contributed by atoms with Crippen molar-refractivity contribution in [1.29, 1.82) is 0 Å². The van der Waals surface area contributed by atoms with Gasteiger partial charge in [-0.25, -0.2) is 0 Å². The number of benzene rings is 1. The number of aromatic nitrogens is 1. The Labute approximate surface area is 111 Å². The standard InChI is InChI=1S/C14H16N2O3/c1-2-12(11-5-3-4-6-13(11)17)15-14(18)9-10-7-8-19-16-10/h3-8,12,17H,2,9H2,1H3,(H,15,18)/t12-/m0/s1. The van der Waals surface area contributed by atoms with Gasteiger partial charge in [0, 0.05) is 11.6 Å². The third kappa shape index (κ3) is 3.34. The van der Waals surface area contributed by atoms with Crippen LogP contribution in [-0.2, 0) is 11.2 Å². The van der Waals surface area contributed by atoms with Crippen molar-refractivity contribution in [2.75, 3.05) is 0 Å². The van der Waals surface area contributed by atoms with Crippen LogP contribution in [0.5, 0.6) is 5.75 Å². The highest BCUT2D eigenvalue weighted by molar-refractivity contribution is 5.78. The molecule has 1 heterocycles. The fourth-order valence-corrected chi connectivity index (χ4v) is 1.92. The van der Waals surface area contributed by atoms with Crippen molar-refractivity contribution >= 4 is 5.91 Å². The third-order valence-electron chi connectivity index (χ3n) is 2.89. The monoisotopic (exact) mass is 260 g/mol. The third-order valence-corrected chi connectivity index (χ3v) is 2.89. The summed E-state index contributed by atoms with van der Waals surface area (Å²) in [4.78, 5) is 11.9. The van der Waals surface area contributed by atoms with Gasteiger partial charge in [0.15, 0.2) is 0 Å². The van der Waals surface area contributed by atoms with E-state index in [1.54, 1.807) is 24.3 Å². The Morgan fingerprint density at radius 1 is 1.42 bits per heavy atom. The number of rotatable bonds is 5. The number of amides is 1. The quantitative estimate of drug-likeness (QED) is 0.864. The van der Waals surface area contributed by atoms with Crippen LogP contribution >= 0.6 is 0 Å². The van der Waals surface area contributed by atoms with Crippen LogP contribution in [0, 0.1) is 0 Å². The summed E-state index contributed by atoms with van der Waals surface area (Å²) in [7, 11) is 0. The van der Waals surface area contributed by atoms with Crippen molar-refractivity contribution in [2.24, 2.45) is 0 Å². The van der Waals surface area contributed by atoms with Crippen LogP contribution in [-0.4, -0.2) is 16.2 Å². The minimum Gasteiger partial charge on any atom is -0.508 e. The molecule has 1 atom stereocenters. The lowest BCUT2D eigenvalue weighted by Crippen LogP contribution is -2.29. The number of nitrogens with one attached hydrogen (secondary N) is 1. The van der Waals surface area contributed by atoms with Crippen LogP contribution in [0.4, 0.5) is 0 Å². The molecule has 0 aliphatic heterocycles. The number of para-hydroxylation sites is 1. The molecule has 0 unspecified atom stereocenters. The van der Waals surface area contributed by atoms with Gasteiger partial charge in [-0.05, 0) is 12.5 Å². The first kappa shape index (κ1) is 13.1. The zero-order valence-corrected chi connectivity index (χ0v) is 10.7. The number of hydrogen-bond donors (Lipinski definition) is 2. The van der Waals surface area contributed by atoms with Crippen LogP contribution in [0.15, 0.2) is 41.1 Å². The number of aromatic hydroxyl groups is 1. The molecule has 2 aromatic rings. The normalized spacial score (nSPS) is 12.1. The number of phenolic OH excluding ortho intramolecular Hbond substituents is 1. The molecule has 0 aliphatic rings. The van der Waals surface area contributed by atoms with Gasteiger partial charge in [0.2, 0.25) is 5.91 Å². The number of carbonyl (C=O) groups excluding carboxylic acids is 1. The largest absolute Gasteiger partial charge is 0.508 e. The van der Waals surface area contributed by atoms with Gasteiger partial charge in [-0.3, -0.25) is 4.79 Å². The maximum atomic E-state index is 11.9.